The summed E-state index contributed by atoms with van der Waals surface area (Å²) in [7, 11) is 2.20. The Bertz CT molecular complexity index is 1120. The van der Waals surface area contributed by atoms with Crippen molar-refractivity contribution in [3.8, 4) is 5.75 Å². The molecule has 2 aromatic carbocycles. The molecule has 3 aromatic rings. The van der Waals surface area contributed by atoms with Crippen molar-refractivity contribution in [2.75, 3.05) is 39.8 Å². The van der Waals surface area contributed by atoms with Crippen LogP contribution in [0.2, 0.25) is 0 Å². The molecule has 1 fully saturated rings. The average molecular weight is 472 g/mol. The highest BCUT2D eigenvalue weighted by Gasteiger charge is 2.27. The summed E-state index contributed by atoms with van der Waals surface area (Å²) in [6.07, 6.45) is 6.06. The molecule has 1 amide bonds. The molecule has 2 aliphatic heterocycles. The van der Waals surface area contributed by atoms with E-state index in [9.17, 15) is 4.79 Å². The van der Waals surface area contributed by atoms with Crippen LogP contribution >= 0.6 is 0 Å². The zero-order valence-electron chi connectivity index (χ0n) is 20.3. The zero-order valence-corrected chi connectivity index (χ0v) is 20.3. The molecule has 5 rings (SSSR count). The average Bonchev–Trinajstić information content (AvgIpc) is 3.12. The lowest BCUT2D eigenvalue weighted by atomic mass is 10.0. The fourth-order valence-electron chi connectivity index (χ4n) is 4.98. The lowest BCUT2D eigenvalue weighted by Gasteiger charge is -2.40. The topological polar surface area (TPSA) is 61.8 Å². The molecule has 1 saturated heterocycles. The number of rotatable bonds is 6. The number of benzene rings is 2. The van der Waals surface area contributed by atoms with Crippen LogP contribution in [0.5, 0.6) is 5.75 Å². The van der Waals surface area contributed by atoms with Gasteiger partial charge in [-0.3, -0.25) is 19.7 Å². The largest absolute Gasteiger partial charge is 0.491 e. The summed E-state index contributed by atoms with van der Waals surface area (Å²) in [5.74, 6) is 1.01. The van der Waals surface area contributed by atoms with Crippen LogP contribution in [0.3, 0.4) is 0 Å². The van der Waals surface area contributed by atoms with Gasteiger partial charge in [0.25, 0.3) is 0 Å². The van der Waals surface area contributed by atoms with E-state index in [2.05, 4.69) is 75.3 Å². The number of piperazine rings is 1. The molecule has 0 radical (unpaired) electrons. The number of aromatic nitrogens is 2. The first-order chi connectivity index (χ1) is 17.2. The van der Waals surface area contributed by atoms with E-state index in [0.717, 1.165) is 43.2 Å². The van der Waals surface area contributed by atoms with Gasteiger partial charge >= 0.3 is 0 Å². The maximum atomic E-state index is 13.0. The summed E-state index contributed by atoms with van der Waals surface area (Å²) in [6.45, 7) is 5.67. The lowest BCUT2D eigenvalue weighted by Crippen LogP contribution is -2.46. The quantitative estimate of drug-likeness (QED) is 0.550. The van der Waals surface area contributed by atoms with Crippen LogP contribution < -0.4 is 4.74 Å². The zero-order chi connectivity index (χ0) is 24.0. The number of ether oxygens (including phenoxy) is 1. The molecule has 2 aliphatic rings. The van der Waals surface area contributed by atoms with E-state index in [-0.39, 0.29) is 5.91 Å². The third-order valence-electron chi connectivity index (χ3n) is 6.93. The molecule has 7 heteroatoms. The first-order valence-corrected chi connectivity index (χ1v) is 12.4. The Kier molecular flexibility index (Phi) is 7.35. The van der Waals surface area contributed by atoms with Crippen molar-refractivity contribution in [1.82, 2.24) is 24.7 Å². The number of fused-ring (bicyclic) bond motifs is 1. The van der Waals surface area contributed by atoms with Gasteiger partial charge in [0.1, 0.15) is 12.4 Å². The second-order valence-electron chi connectivity index (χ2n) is 9.46. The van der Waals surface area contributed by atoms with Gasteiger partial charge in [-0.1, -0.05) is 36.4 Å². The summed E-state index contributed by atoms with van der Waals surface area (Å²) in [4.78, 5) is 28.2. The molecule has 0 N–H and O–H groups in total. The SMILES string of the molecule is CN1CCN(Cc2ccc3c(c2)CN(C(=O)CCc2cnccn2)CCO3)[C@@H](c2ccccc2)C1. The van der Waals surface area contributed by atoms with Crippen LogP contribution in [-0.4, -0.2) is 70.4 Å². The van der Waals surface area contributed by atoms with Crippen LogP contribution in [0.15, 0.2) is 67.1 Å². The predicted molar refractivity (Wildman–Crippen MR) is 135 cm³/mol. The van der Waals surface area contributed by atoms with Crippen LogP contribution in [-0.2, 0) is 24.3 Å². The molecule has 0 aliphatic carbocycles. The van der Waals surface area contributed by atoms with Crippen molar-refractivity contribution >= 4 is 5.91 Å². The van der Waals surface area contributed by atoms with Crippen LogP contribution in [0.4, 0.5) is 0 Å². The molecule has 3 heterocycles. The lowest BCUT2D eigenvalue weighted by molar-refractivity contribution is -0.131. The maximum absolute atomic E-state index is 13.0. The van der Waals surface area contributed by atoms with Gasteiger partial charge in [-0.2, -0.15) is 0 Å². The van der Waals surface area contributed by atoms with E-state index in [4.69, 9.17) is 4.74 Å². The second-order valence-corrected chi connectivity index (χ2v) is 9.46. The number of likely N-dealkylation sites (N-methyl/N-ethyl adjacent to an activating group) is 1. The van der Waals surface area contributed by atoms with Gasteiger partial charge in [-0.25, -0.2) is 0 Å². The van der Waals surface area contributed by atoms with Crippen molar-refractivity contribution in [3.05, 3.63) is 89.5 Å². The number of carbonyl (C=O) groups excluding carboxylic acids is 1. The van der Waals surface area contributed by atoms with Gasteiger partial charge in [-0.05, 0) is 36.7 Å². The summed E-state index contributed by atoms with van der Waals surface area (Å²) < 4.78 is 6.00. The van der Waals surface area contributed by atoms with Gasteiger partial charge < -0.3 is 14.5 Å². The minimum absolute atomic E-state index is 0.126. The Balaban J connectivity index is 1.28. The van der Waals surface area contributed by atoms with Gasteiger partial charge in [0.15, 0.2) is 0 Å². The summed E-state index contributed by atoms with van der Waals surface area (Å²) in [5, 5.41) is 0. The number of hydrogen-bond donors (Lipinski definition) is 0. The van der Waals surface area contributed by atoms with Crippen molar-refractivity contribution in [2.45, 2.75) is 32.0 Å². The second kappa shape index (κ2) is 11.0. The molecule has 182 valence electrons. The van der Waals surface area contributed by atoms with Gasteiger partial charge in [-0.15, -0.1) is 0 Å². The molecule has 35 heavy (non-hydrogen) atoms. The first-order valence-electron chi connectivity index (χ1n) is 12.4. The van der Waals surface area contributed by atoms with Crippen LogP contribution in [0.25, 0.3) is 0 Å². The van der Waals surface area contributed by atoms with E-state index in [1.807, 2.05) is 4.90 Å². The highest BCUT2D eigenvalue weighted by Crippen LogP contribution is 2.29. The fourth-order valence-corrected chi connectivity index (χ4v) is 4.98. The monoisotopic (exact) mass is 471 g/mol. The molecular formula is C28H33N5O2. The predicted octanol–water partition coefficient (Wildman–Crippen LogP) is 3.32. The molecule has 0 saturated carbocycles. The van der Waals surface area contributed by atoms with Gasteiger partial charge in [0.2, 0.25) is 5.91 Å². The molecular weight excluding hydrogens is 438 g/mol. The highest BCUT2D eigenvalue weighted by molar-refractivity contribution is 5.76. The molecule has 0 bridgehead atoms. The normalized spacial score (nSPS) is 19.0. The van der Waals surface area contributed by atoms with Crippen molar-refractivity contribution in [3.63, 3.8) is 0 Å². The van der Waals surface area contributed by atoms with E-state index < -0.39 is 0 Å². The number of nitrogens with zero attached hydrogens (tertiary/aromatic N) is 5. The minimum atomic E-state index is 0.126. The molecule has 0 unspecified atom stereocenters. The van der Waals surface area contributed by atoms with Gasteiger partial charge in [0, 0.05) is 69.3 Å². The molecule has 7 nitrogen and oxygen atoms in total. The van der Waals surface area contributed by atoms with E-state index in [1.54, 1.807) is 18.6 Å². The molecule has 1 atom stereocenters. The maximum Gasteiger partial charge on any atom is 0.223 e. The Morgan fingerprint density at radius 2 is 1.97 bits per heavy atom. The van der Waals surface area contributed by atoms with E-state index >= 15 is 0 Å². The summed E-state index contributed by atoms with van der Waals surface area (Å²) in [6, 6.07) is 17.6. The first kappa shape index (κ1) is 23.5. The Morgan fingerprint density at radius 3 is 2.80 bits per heavy atom. The van der Waals surface area contributed by atoms with Crippen molar-refractivity contribution in [1.29, 1.82) is 0 Å². The smallest absolute Gasteiger partial charge is 0.223 e. The van der Waals surface area contributed by atoms with Gasteiger partial charge in [0.05, 0.1) is 12.2 Å². The highest BCUT2D eigenvalue weighted by atomic mass is 16.5. The van der Waals surface area contributed by atoms with E-state index in [0.29, 0.717) is 38.6 Å². The summed E-state index contributed by atoms with van der Waals surface area (Å²) >= 11 is 0. The van der Waals surface area contributed by atoms with E-state index in [1.165, 1.54) is 11.1 Å². The Labute approximate surface area is 207 Å². The minimum Gasteiger partial charge on any atom is -0.491 e. The Morgan fingerprint density at radius 1 is 1.09 bits per heavy atom. The van der Waals surface area contributed by atoms with Crippen LogP contribution in [0, 0.1) is 0 Å². The van der Waals surface area contributed by atoms with Crippen molar-refractivity contribution < 1.29 is 9.53 Å². The number of amides is 1. The number of carbonyl (C=O) groups is 1. The third-order valence-corrected chi connectivity index (χ3v) is 6.93. The summed E-state index contributed by atoms with van der Waals surface area (Å²) in [5.41, 5.74) is 4.54. The standard InChI is InChI=1S/C28H33N5O2/c1-31-13-14-32(26(21-31)23-5-3-2-4-6-23)19-22-7-9-27-24(17-22)20-33(15-16-35-27)28(34)10-8-25-18-29-11-12-30-25/h2-7,9,11-12,17-18,26H,8,10,13-16,19-21H2,1H3/t26-/m1/s1. The molecule has 1 aromatic heterocycles. The van der Waals surface area contributed by atoms with Crippen LogP contribution in [0.1, 0.15) is 34.8 Å². The fraction of sp³-hybridized carbons (Fsp3) is 0.393. The third kappa shape index (κ3) is 5.86. The van der Waals surface area contributed by atoms with Crippen molar-refractivity contribution in [2.24, 2.45) is 0 Å². The Hall–Kier alpha value is -3.29. The number of hydrogen-bond acceptors (Lipinski definition) is 6. The number of aryl methyl sites for hydroxylation is 1. The molecule has 0 spiro atoms.